The maximum atomic E-state index is 14.2. The topological polar surface area (TPSA) is 86.8 Å². The van der Waals surface area contributed by atoms with Gasteiger partial charge < -0.3 is 10.2 Å². The zero-order chi connectivity index (χ0) is 30.3. The number of nitrogens with one attached hydrogen (secondary N) is 1. The van der Waals surface area contributed by atoms with E-state index in [1.807, 2.05) is 63.2 Å². The first-order valence-electron chi connectivity index (χ1n) is 14.9. The highest BCUT2D eigenvalue weighted by atomic mass is 32.2. The lowest BCUT2D eigenvalue weighted by Crippen LogP contribution is -2.53. The molecule has 42 heavy (non-hydrogen) atoms. The lowest BCUT2D eigenvalue weighted by Gasteiger charge is -2.33. The molecular formula is C34H43N3O4S. The molecule has 7 nitrogen and oxygen atoms in total. The molecule has 1 aliphatic rings. The van der Waals surface area contributed by atoms with Gasteiger partial charge in [-0.2, -0.15) is 0 Å². The summed E-state index contributed by atoms with van der Waals surface area (Å²) in [7, 11) is -4.09. The number of hydrogen-bond acceptors (Lipinski definition) is 4. The molecule has 3 aromatic rings. The molecule has 1 N–H and O–H groups in total. The van der Waals surface area contributed by atoms with Gasteiger partial charge in [-0.25, -0.2) is 8.42 Å². The van der Waals surface area contributed by atoms with Gasteiger partial charge in [0.1, 0.15) is 12.6 Å². The third kappa shape index (κ3) is 7.79. The van der Waals surface area contributed by atoms with Gasteiger partial charge in [0.2, 0.25) is 11.8 Å². The lowest BCUT2D eigenvalue weighted by molar-refractivity contribution is -0.139. The van der Waals surface area contributed by atoms with Crippen molar-refractivity contribution in [2.75, 3.05) is 17.4 Å². The molecule has 3 aromatic carbocycles. The predicted molar refractivity (Wildman–Crippen MR) is 168 cm³/mol. The van der Waals surface area contributed by atoms with Gasteiger partial charge in [-0.3, -0.25) is 13.9 Å². The van der Waals surface area contributed by atoms with Crippen molar-refractivity contribution in [1.29, 1.82) is 0 Å². The Morgan fingerprint density at radius 3 is 2.19 bits per heavy atom. The van der Waals surface area contributed by atoms with Crippen LogP contribution in [0.4, 0.5) is 5.69 Å². The van der Waals surface area contributed by atoms with E-state index < -0.39 is 28.5 Å². The Morgan fingerprint density at radius 2 is 1.52 bits per heavy atom. The van der Waals surface area contributed by atoms with Crippen LogP contribution in [0.3, 0.4) is 0 Å². The number of aryl methyl sites for hydroxylation is 3. The van der Waals surface area contributed by atoms with Crippen LogP contribution in [0.15, 0.2) is 77.7 Å². The van der Waals surface area contributed by atoms with Crippen LogP contribution in [0, 0.1) is 20.8 Å². The summed E-state index contributed by atoms with van der Waals surface area (Å²) >= 11 is 0. The van der Waals surface area contributed by atoms with E-state index in [0.29, 0.717) is 12.1 Å². The number of anilines is 1. The van der Waals surface area contributed by atoms with Crippen LogP contribution >= 0.6 is 0 Å². The number of rotatable bonds is 11. The monoisotopic (exact) mass is 589 g/mol. The number of amides is 2. The van der Waals surface area contributed by atoms with E-state index in [2.05, 4.69) is 5.32 Å². The summed E-state index contributed by atoms with van der Waals surface area (Å²) in [6.45, 7) is 7.23. The average molecular weight is 590 g/mol. The fourth-order valence-corrected chi connectivity index (χ4v) is 6.95. The fraction of sp³-hybridized carbons (Fsp3) is 0.412. The van der Waals surface area contributed by atoms with Crippen molar-refractivity contribution in [1.82, 2.24) is 10.2 Å². The Hall–Kier alpha value is -3.65. The van der Waals surface area contributed by atoms with E-state index in [0.717, 1.165) is 47.9 Å². The minimum Gasteiger partial charge on any atom is -0.352 e. The SMILES string of the molecule is Cc1ccc(S(=O)(=O)N(CC(=O)N(CCc2ccccc2)[C@H](C)C(=O)NC2CCCCC2)c2cc(C)ccc2C)cc1. The van der Waals surface area contributed by atoms with Crippen LogP contribution in [0.1, 0.15) is 61.3 Å². The first-order chi connectivity index (χ1) is 20.1. The van der Waals surface area contributed by atoms with Crippen LogP contribution < -0.4 is 9.62 Å². The summed E-state index contributed by atoms with van der Waals surface area (Å²) in [5.41, 5.74) is 4.05. The van der Waals surface area contributed by atoms with Crippen molar-refractivity contribution in [2.45, 2.75) is 83.2 Å². The van der Waals surface area contributed by atoms with Crippen molar-refractivity contribution in [2.24, 2.45) is 0 Å². The highest BCUT2D eigenvalue weighted by Crippen LogP contribution is 2.28. The second-order valence-corrected chi connectivity index (χ2v) is 13.3. The molecule has 1 saturated carbocycles. The van der Waals surface area contributed by atoms with E-state index >= 15 is 0 Å². The van der Waals surface area contributed by atoms with Gasteiger partial charge >= 0.3 is 0 Å². The van der Waals surface area contributed by atoms with Crippen molar-refractivity contribution in [3.63, 3.8) is 0 Å². The third-order valence-electron chi connectivity index (χ3n) is 8.12. The van der Waals surface area contributed by atoms with Gasteiger partial charge in [-0.15, -0.1) is 0 Å². The van der Waals surface area contributed by atoms with Gasteiger partial charge in [-0.1, -0.05) is 79.4 Å². The number of nitrogens with zero attached hydrogens (tertiary/aromatic N) is 2. The second kappa shape index (κ2) is 14.0. The van der Waals surface area contributed by atoms with Crippen molar-refractivity contribution < 1.29 is 18.0 Å². The summed E-state index contributed by atoms with van der Waals surface area (Å²) in [6.07, 6.45) is 5.75. The van der Waals surface area contributed by atoms with Gasteiger partial charge in [0.25, 0.3) is 10.0 Å². The van der Waals surface area contributed by atoms with Crippen LogP contribution in [0.25, 0.3) is 0 Å². The van der Waals surface area contributed by atoms with Crippen molar-refractivity contribution in [3.8, 4) is 0 Å². The largest absolute Gasteiger partial charge is 0.352 e. The Morgan fingerprint density at radius 1 is 0.881 bits per heavy atom. The molecule has 0 saturated heterocycles. The molecule has 1 atom stereocenters. The minimum atomic E-state index is -4.09. The normalized spacial score (nSPS) is 14.7. The molecule has 4 rings (SSSR count). The van der Waals surface area contributed by atoms with E-state index in [1.165, 1.54) is 15.6 Å². The highest BCUT2D eigenvalue weighted by molar-refractivity contribution is 7.92. The summed E-state index contributed by atoms with van der Waals surface area (Å²) < 4.78 is 29.4. The summed E-state index contributed by atoms with van der Waals surface area (Å²) in [5.74, 6) is -0.628. The molecule has 0 heterocycles. The summed E-state index contributed by atoms with van der Waals surface area (Å²) in [6, 6.07) is 21.3. The zero-order valence-electron chi connectivity index (χ0n) is 25.2. The second-order valence-electron chi connectivity index (χ2n) is 11.5. The molecule has 1 aliphatic carbocycles. The molecule has 0 unspecified atom stereocenters. The third-order valence-corrected chi connectivity index (χ3v) is 9.90. The molecule has 0 radical (unpaired) electrons. The Bertz CT molecular complexity index is 1470. The number of benzene rings is 3. The van der Waals surface area contributed by atoms with Crippen LogP contribution in [0.5, 0.6) is 0 Å². The van der Waals surface area contributed by atoms with Crippen molar-refractivity contribution in [3.05, 3.63) is 95.1 Å². The molecule has 0 bridgehead atoms. The standard InChI is InChI=1S/C34H43N3O4S/c1-25-16-19-31(20-17-25)42(40,41)37(32-23-26(2)15-18-27(32)3)24-33(38)36(22-21-29-11-7-5-8-12-29)28(4)34(39)35-30-13-9-6-10-14-30/h5,7-8,11-12,15-20,23,28,30H,6,9-10,13-14,21-22,24H2,1-4H3,(H,35,39)/t28-/m1/s1. The van der Waals surface area contributed by atoms with E-state index in [4.69, 9.17) is 0 Å². The smallest absolute Gasteiger partial charge is 0.264 e. The van der Waals surface area contributed by atoms with Crippen molar-refractivity contribution >= 4 is 27.5 Å². The predicted octanol–water partition coefficient (Wildman–Crippen LogP) is 5.72. The summed E-state index contributed by atoms with van der Waals surface area (Å²) in [4.78, 5) is 29.2. The minimum absolute atomic E-state index is 0.105. The Labute approximate surface area is 251 Å². The number of hydrogen-bond donors (Lipinski definition) is 1. The molecule has 2 amide bonds. The molecule has 8 heteroatoms. The fourth-order valence-electron chi connectivity index (χ4n) is 5.48. The molecule has 224 valence electrons. The van der Waals surface area contributed by atoms with E-state index in [9.17, 15) is 18.0 Å². The van der Waals surface area contributed by atoms with Gasteiger partial charge in [0.05, 0.1) is 10.6 Å². The molecule has 0 aromatic heterocycles. The zero-order valence-corrected chi connectivity index (χ0v) is 26.0. The van der Waals surface area contributed by atoms with E-state index in [1.54, 1.807) is 37.3 Å². The van der Waals surface area contributed by atoms with E-state index in [-0.39, 0.29) is 23.4 Å². The van der Waals surface area contributed by atoms with Gasteiger partial charge in [0.15, 0.2) is 0 Å². The molecule has 0 spiro atoms. The molecular weight excluding hydrogens is 546 g/mol. The van der Waals surface area contributed by atoms with Gasteiger partial charge in [-0.05, 0) is 81.8 Å². The maximum absolute atomic E-state index is 14.2. The average Bonchev–Trinajstić information content (AvgIpc) is 2.98. The Kier molecular flexibility index (Phi) is 10.4. The van der Waals surface area contributed by atoms with Crippen LogP contribution in [-0.4, -0.2) is 50.3 Å². The quantitative estimate of drug-likeness (QED) is 0.310. The maximum Gasteiger partial charge on any atom is 0.264 e. The molecule has 1 fully saturated rings. The lowest BCUT2D eigenvalue weighted by atomic mass is 9.95. The first kappa shape index (κ1) is 31.3. The first-order valence-corrected chi connectivity index (χ1v) is 16.3. The van der Waals surface area contributed by atoms with Crippen LogP contribution in [0.2, 0.25) is 0 Å². The number of carbonyl (C=O) groups excluding carboxylic acids is 2. The highest BCUT2D eigenvalue weighted by Gasteiger charge is 2.33. The summed E-state index contributed by atoms with van der Waals surface area (Å²) in [5, 5.41) is 3.15. The molecule has 0 aliphatic heterocycles. The number of carbonyl (C=O) groups is 2. The Balaban J connectivity index is 1.67. The number of sulfonamides is 1. The van der Waals surface area contributed by atoms with Crippen LogP contribution in [-0.2, 0) is 26.0 Å². The van der Waals surface area contributed by atoms with Gasteiger partial charge in [0, 0.05) is 12.6 Å².